The summed E-state index contributed by atoms with van der Waals surface area (Å²) in [5.41, 5.74) is 0. The summed E-state index contributed by atoms with van der Waals surface area (Å²) in [5, 5.41) is 0. The van der Waals surface area contributed by atoms with Crippen LogP contribution in [0.2, 0.25) is 0 Å². The first-order valence-corrected chi connectivity index (χ1v) is 6.11. The Labute approximate surface area is 101 Å². The maximum Gasteiger partial charge on any atom is 0.310 e. The molecular formula is C12H19NO4. The lowest BCUT2D eigenvalue weighted by Gasteiger charge is -2.19. The Balaban J connectivity index is 1.95. The van der Waals surface area contributed by atoms with Gasteiger partial charge in [0.2, 0.25) is 0 Å². The maximum atomic E-state index is 12.1. The fourth-order valence-electron chi connectivity index (χ4n) is 2.58. The fourth-order valence-corrected chi connectivity index (χ4v) is 2.58. The van der Waals surface area contributed by atoms with Crippen molar-refractivity contribution >= 4 is 11.9 Å². The molecule has 1 amide bonds. The van der Waals surface area contributed by atoms with Crippen LogP contribution >= 0.6 is 0 Å². The van der Waals surface area contributed by atoms with E-state index in [0.717, 1.165) is 12.8 Å². The molecule has 96 valence electrons. The molecule has 5 nitrogen and oxygen atoms in total. The van der Waals surface area contributed by atoms with E-state index in [2.05, 4.69) is 0 Å². The number of carbonyl (C=O) groups excluding carboxylic acids is 2. The average molecular weight is 241 g/mol. The van der Waals surface area contributed by atoms with Gasteiger partial charge < -0.3 is 14.4 Å². The van der Waals surface area contributed by atoms with Gasteiger partial charge in [-0.15, -0.1) is 0 Å². The van der Waals surface area contributed by atoms with Gasteiger partial charge in [0.25, 0.3) is 5.91 Å². The molecule has 2 saturated heterocycles. The van der Waals surface area contributed by atoms with Crippen molar-refractivity contribution in [3.63, 3.8) is 0 Å². The van der Waals surface area contributed by atoms with Crippen molar-refractivity contribution in [2.45, 2.75) is 25.9 Å². The molecule has 3 unspecified atom stereocenters. The highest BCUT2D eigenvalue weighted by atomic mass is 16.5. The summed E-state index contributed by atoms with van der Waals surface area (Å²) in [6.45, 7) is 3.73. The highest BCUT2D eigenvalue weighted by Gasteiger charge is 2.40. The molecule has 2 aliphatic heterocycles. The molecule has 0 spiro atoms. The van der Waals surface area contributed by atoms with E-state index in [1.54, 1.807) is 4.90 Å². The molecule has 2 fully saturated rings. The van der Waals surface area contributed by atoms with Gasteiger partial charge in [-0.3, -0.25) is 9.59 Å². The predicted octanol–water partition coefficient (Wildman–Crippen LogP) is 0.433. The number of likely N-dealkylation sites (tertiary alicyclic amines) is 1. The van der Waals surface area contributed by atoms with Crippen molar-refractivity contribution in [2.24, 2.45) is 11.8 Å². The van der Waals surface area contributed by atoms with Gasteiger partial charge in [-0.2, -0.15) is 0 Å². The first-order chi connectivity index (χ1) is 8.13. The number of carbonyl (C=O) groups is 2. The third-order valence-electron chi connectivity index (χ3n) is 3.63. The van der Waals surface area contributed by atoms with E-state index >= 15 is 0 Å². The molecule has 3 atom stereocenters. The van der Waals surface area contributed by atoms with Gasteiger partial charge in [-0.25, -0.2) is 0 Å². The van der Waals surface area contributed by atoms with Crippen LogP contribution in [-0.4, -0.2) is 49.7 Å². The monoisotopic (exact) mass is 241 g/mol. The minimum Gasteiger partial charge on any atom is -0.469 e. The van der Waals surface area contributed by atoms with E-state index in [0.29, 0.717) is 19.7 Å². The van der Waals surface area contributed by atoms with Crippen molar-refractivity contribution in [1.29, 1.82) is 0 Å². The van der Waals surface area contributed by atoms with E-state index in [-0.39, 0.29) is 29.8 Å². The molecule has 0 N–H and O–H groups in total. The molecule has 0 aliphatic carbocycles. The highest BCUT2D eigenvalue weighted by molar-refractivity contribution is 5.83. The van der Waals surface area contributed by atoms with E-state index < -0.39 is 0 Å². The molecule has 0 aromatic rings. The van der Waals surface area contributed by atoms with Gasteiger partial charge in [0, 0.05) is 19.7 Å². The quantitative estimate of drug-likeness (QED) is 0.658. The SMILES string of the molecule is COC(=O)C1CN(C(=O)C2CCCO2)CC1C. The maximum absolute atomic E-state index is 12.1. The van der Waals surface area contributed by atoms with Gasteiger partial charge in [0.15, 0.2) is 0 Å². The predicted molar refractivity (Wildman–Crippen MR) is 60.2 cm³/mol. The van der Waals surface area contributed by atoms with E-state index in [1.165, 1.54) is 7.11 Å². The normalized spacial score (nSPS) is 32.8. The zero-order valence-corrected chi connectivity index (χ0v) is 10.3. The van der Waals surface area contributed by atoms with Gasteiger partial charge in [0.1, 0.15) is 6.10 Å². The minimum absolute atomic E-state index is 0.0285. The van der Waals surface area contributed by atoms with Gasteiger partial charge in [-0.05, 0) is 18.8 Å². The van der Waals surface area contributed by atoms with Crippen molar-refractivity contribution in [3.05, 3.63) is 0 Å². The smallest absolute Gasteiger partial charge is 0.310 e. The Bertz CT molecular complexity index is 312. The van der Waals surface area contributed by atoms with Crippen LogP contribution in [0.15, 0.2) is 0 Å². The van der Waals surface area contributed by atoms with Gasteiger partial charge in [-0.1, -0.05) is 6.92 Å². The molecule has 17 heavy (non-hydrogen) atoms. The second kappa shape index (κ2) is 5.04. The number of esters is 1. The van der Waals surface area contributed by atoms with Crippen molar-refractivity contribution in [2.75, 3.05) is 26.8 Å². The van der Waals surface area contributed by atoms with Crippen LogP contribution in [0.4, 0.5) is 0 Å². The third-order valence-corrected chi connectivity index (χ3v) is 3.63. The lowest BCUT2D eigenvalue weighted by molar-refractivity contribution is -0.146. The zero-order valence-electron chi connectivity index (χ0n) is 10.3. The molecule has 2 aliphatic rings. The summed E-state index contributed by atoms with van der Waals surface area (Å²) >= 11 is 0. The van der Waals surface area contributed by atoms with Crippen LogP contribution < -0.4 is 0 Å². The standard InChI is InChI=1S/C12H19NO4/c1-8-6-13(7-9(8)12(15)16-2)11(14)10-4-3-5-17-10/h8-10H,3-7H2,1-2H3. The number of rotatable bonds is 2. The Morgan fingerprint density at radius 2 is 2.12 bits per heavy atom. The molecule has 2 heterocycles. The first-order valence-electron chi connectivity index (χ1n) is 6.11. The van der Waals surface area contributed by atoms with Crippen LogP contribution in [0, 0.1) is 11.8 Å². The van der Waals surface area contributed by atoms with Crippen molar-refractivity contribution < 1.29 is 19.1 Å². The summed E-state index contributed by atoms with van der Waals surface area (Å²) in [6.07, 6.45) is 1.45. The third kappa shape index (κ3) is 2.44. The number of hydrogen-bond donors (Lipinski definition) is 0. The molecular weight excluding hydrogens is 222 g/mol. The summed E-state index contributed by atoms with van der Waals surface area (Å²) in [7, 11) is 1.39. The molecule has 0 bridgehead atoms. The van der Waals surface area contributed by atoms with E-state index in [1.807, 2.05) is 6.92 Å². The Kier molecular flexibility index (Phi) is 3.66. The number of ether oxygens (including phenoxy) is 2. The lowest BCUT2D eigenvalue weighted by atomic mass is 9.99. The summed E-state index contributed by atoms with van der Waals surface area (Å²) in [5.74, 6) is -0.223. The molecule has 0 aromatic heterocycles. The Hall–Kier alpha value is -1.10. The molecule has 5 heteroatoms. The fraction of sp³-hybridized carbons (Fsp3) is 0.833. The molecule has 0 aromatic carbocycles. The van der Waals surface area contributed by atoms with Gasteiger partial charge in [0.05, 0.1) is 13.0 Å². The van der Waals surface area contributed by atoms with E-state index in [9.17, 15) is 9.59 Å². The minimum atomic E-state index is -0.293. The Morgan fingerprint density at radius 3 is 2.71 bits per heavy atom. The number of amides is 1. The average Bonchev–Trinajstić information content (AvgIpc) is 2.96. The second-order valence-electron chi connectivity index (χ2n) is 4.85. The Morgan fingerprint density at radius 1 is 1.35 bits per heavy atom. The van der Waals surface area contributed by atoms with Crippen LogP contribution in [-0.2, 0) is 19.1 Å². The summed E-state index contributed by atoms with van der Waals surface area (Å²) < 4.78 is 10.1. The van der Waals surface area contributed by atoms with Crippen LogP contribution in [0.1, 0.15) is 19.8 Å². The number of hydrogen-bond acceptors (Lipinski definition) is 4. The van der Waals surface area contributed by atoms with Crippen LogP contribution in [0.5, 0.6) is 0 Å². The lowest BCUT2D eigenvalue weighted by Crippen LogP contribution is -2.38. The molecule has 2 rings (SSSR count). The number of methoxy groups -OCH3 is 1. The van der Waals surface area contributed by atoms with Crippen molar-refractivity contribution in [1.82, 2.24) is 4.90 Å². The second-order valence-corrected chi connectivity index (χ2v) is 4.85. The largest absolute Gasteiger partial charge is 0.469 e. The topological polar surface area (TPSA) is 55.8 Å². The van der Waals surface area contributed by atoms with Crippen LogP contribution in [0.3, 0.4) is 0 Å². The zero-order chi connectivity index (χ0) is 12.4. The summed E-state index contributed by atoms with van der Waals surface area (Å²) in [4.78, 5) is 25.4. The highest BCUT2D eigenvalue weighted by Crippen LogP contribution is 2.26. The first kappa shape index (κ1) is 12.4. The number of nitrogens with zero attached hydrogens (tertiary/aromatic N) is 1. The van der Waals surface area contributed by atoms with Gasteiger partial charge >= 0.3 is 5.97 Å². The molecule has 0 radical (unpaired) electrons. The van der Waals surface area contributed by atoms with E-state index in [4.69, 9.17) is 9.47 Å². The van der Waals surface area contributed by atoms with Crippen LogP contribution in [0.25, 0.3) is 0 Å². The summed E-state index contributed by atoms with van der Waals surface area (Å²) in [6, 6.07) is 0. The molecule has 0 saturated carbocycles. The van der Waals surface area contributed by atoms with Crippen molar-refractivity contribution in [3.8, 4) is 0 Å².